The highest BCUT2D eigenvalue weighted by Crippen LogP contribution is 2.28. The van der Waals surface area contributed by atoms with E-state index in [9.17, 15) is 4.79 Å². The van der Waals surface area contributed by atoms with Crippen molar-refractivity contribution in [2.45, 2.75) is 63.8 Å². The summed E-state index contributed by atoms with van der Waals surface area (Å²) in [5.41, 5.74) is 1.40. The summed E-state index contributed by atoms with van der Waals surface area (Å²) < 4.78 is 0. The molecule has 0 bridgehead atoms. The summed E-state index contributed by atoms with van der Waals surface area (Å²) in [6.07, 6.45) is 10.3. The highest BCUT2D eigenvalue weighted by molar-refractivity contribution is 5.85. The molecule has 1 heterocycles. The molecule has 3 nitrogen and oxygen atoms in total. The van der Waals surface area contributed by atoms with Gasteiger partial charge in [0, 0.05) is 12.5 Å². The van der Waals surface area contributed by atoms with Crippen LogP contribution >= 0.6 is 12.4 Å². The molecule has 25 heavy (non-hydrogen) atoms. The number of hydrogen-bond donors (Lipinski definition) is 2. The number of nitrogens with one attached hydrogen (secondary N) is 2. The number of piperidine rings is 1. The lowest BCUT2D eigenvalue weighted by Crippen LogP contribution is -2.43. The summed E-state index contributed by atoms with van der Waals surface area (Å²) >= 11 is 0. The number of benzene rings is 1. The van der Waals surface area contributed by atoms with E-state index in [2.05, 4.69) is 41.0 Å². The molecule has 2 unspecified atom stereocenters. The van der Waals surface area contributed by atoms with E-state index < -0.39 is 0 Å². The van der Waals surface area contributed by atoms with Crippen LogP contribution in [-0.4, -0.2) is 25.0 Å². The first-order valence-corrected chi connectivity index (χ1v) is 9.85. The second-order valence-electron chi connectivity index (χ2n) is 7.64. The van der Waals surface area contributed by atoms with Crippen LogP contribution in [0.5, 0.6) is 0 Å². The van der Waals surface area contributed by atoms with Crippen molar-refractivity contribution in [3.63, 3.8) is 0 Å². The molecule has 1 aromatic rings. The summed E-state index contributed by atoms with van der Waals surface area (Å²) in [4.78, 5) is 12.4. The number of carbonyl (C=O) groups is 1. The Morgan fingerprint density at radius 1 is 1.04 bits per heavy atom. The molecule has 1 aliphatic heterocycles. The number of hydrogen-bond acceptors (Lipinski definition) is 2. The maximum Gasteiger partial charge on any atom is 0.220 e. The van der Waals surface area contributed by atoms with E-state index in [1.54, 1.807) is 0 Å². The molecule has 2 fully saturated rings. The van der Waals surface area contributed by atoms with Gasteiger partial charge in [-0.15, -0.1) is 12.4 Å². The van der Waals surface area contributed by atoms with E-state index in [0.717, 1.165) is 38.3 Å². The van der Waals surface area contributed by atoms with Crippen LogP contribution in [0, 0.1) is 11.8 Å². The molecule has 140 valence electrons. The fraction of sp³-hybridized carbons (Fsp3) is 0.667. The van der Waals surface area contributed by atoms with Gasteiger partial charge in [0.15, 0.2) is 0 Å². The van der Waals surface area contributed by atoms with Crippen molar-refractivity contribution in [2.24, 2.45) is 11.8 Å². The molecule has 2 atom stereocenters. The van der Waals surface area contributed by atoms with Crippen LogP contribution in [0.3, 0.4) is 0 Å². The lowest BCUT2D eigenvalue weighted by atomic mass is 9.80. The number of rotatable bonds is 6. The van der Waals surface area contributed by atoms with Crippen LogP contribution in [0.4, 0.5) is 0 Å². The van der Waals surface area contributed by atoms with E-state index >= 15 is 0 Å². The smallest absolute Gasteiger partial charge is 0.220 e. The van der Waals surface area contributed by atoms with Crippen LogP contribution in [0.25, 0.3) is 0 Å². The Labute approximate surface area is 158 Å². The number of amides is 1. The first-order valence-electron chi connectivity index (χ1n) is 9.85. The highest BCUT2D eigenvalue weighted by atomic mass is 35.5. The molecule has 1 saturated heterocycles. The van der Waals surface area contributed by atoms with Crippen LogP contribution < -0.4 is 10.6 Å². The average Bonchev–Trinajstić information content (AvgIpc) is 2.63. The van der Waals surface area contributed by atoms with E-state index in [1.165, 1.54) is 37.7 Å². The van der Waals surface area contributed by atoms with Gasteiger partial charge < -0.3 is 10.6 Å². The first-order chi connectivity index (χ1) is 11.8. The second kappa shape index (κ2) is 10.8. The zero-order valence-electron chi connectivity index (χ0n) is 15.2. The monoisotopic (exact) mass is 364 g/mol. The Bertz CT molecular complexity index is 502. The Hall–Kier alpha value is -1.06. The molecule has 3 rings (SSSR count). The molecule has 0 radical (unpaired) electrons. The van der Waals surface area contributed by atoms with Crippen molar-refractivity contribution in [1.29, 1.82) is 0 Å². The zero-order chi connectivity index (χ0) is 16.6. The molecule has 2 aliphatic rings. The van der Waals surface area contributed by atoms with E-state index in [1.807, 2.05) is 0 Å². The summed E-state index contributed by atoms with van der Waals surface area (Å²) in [5, 5.41) is 6.77. The van der Waals surface area contributed by atoms with Crippen molar-refractivity contribution < 1.29 is 4.79 Å². The third kappa shape index (κ3) is 6.63. The zero-order valence-corrected chi connectivity index (χ0v) is 16.0. The molecule has 1 amide bonds. The third-order valence-electron chi connectivity index (χ3n) is 5.83. The van der Waals surface area contributed by atoms with Crippen molar-refractivity contribution in [1.82, 2.24) is 10.6 Å². The maximum atomic E-state index is 12.4. The quantitative estimate of drug-likeness (QED) is 0.797. The van der Waals surface area contributed by atoms with E-state index in [0.29, 0.717) is 18.4 Å². The van der Waals surface area contributed by atoms with Gasteiger partial charge in [-0.1, -0.05) is 43.2 Å². The minimum absolute atomic E-state index is 0. The molecule has 1 saturated carbocycles. The van der Waals surface area contributed by atoms with Gasteiger partial charge in [-0.05, 0) is 69.0 Å². The van der Waals surface area contributed by atoms with Gasteiger partial charge in [0.1, 0.15) is 0 Å². The van der Waals surface area contributed by atoms with Crippen LogP contribution in [0.1, 0.15) is 56.9 Å². The summed E-state index contributed by atoms with van der Waals surface area (Å²) in [6.45, 7) is 2.24. The van der Waals surface area contributed by atoms with Gasteiger partial charge in [0.05, 0.1) is 0 Å². The minimum Gasteiger partial charge on any atom is -0.353 e. The summed E-state index contributed by atoms with van der Waals surface area (Å²) in [6, 6.07) is 11.1. The minimum atomic E-state index is 0. The predicted octanol–water partition coefficient (Wildman–Crippen LogP) is 4.11. The standard InChI is InChI=1S/C21H32N2O.ClH/c24-21(11-10-17-12-14-22-15-13-17)23-20-9-5-4-8-19(20)16-18-6-2-1-3-7-18;/h1-3,6-7,17,19-20,22H,4-5,8-16H2,(H,23,24);1H. The predicted molar refractivity (Wildman–Crippen MR) is 106 cm³/mol. The number of halogens is 1. The van der Waals surface area contributed by atoms with Crippen molar-refractivity contribution >= 4 is 18.3 Å². The largest absolute Gasteiger partial charge is 0.353 e. The SMILES string of the molecule is Cl.O=C(CCC1CCNCC1)NC1CCCCC1Cc1ccccc1. The lowest BCUT2D eigenvalue weighted by molar-refractivity contribution is -0.122. The van der Waals surface area contributed by atoms with Crippen molar-refractivity contribution in [3.8, 4) is 0 Å². The third-order valence-corrected chi connectivity index (χ3v) is 5.83. The van der Waals surface area contributed by atoms with Crippen LogP contribution in [0.2, 0.25) is 0 Å². The normalized spacial score (nSPS) is 24.3. The molecule has 0 spiro atoms. The van der Waals surface area contributed by atoms with E-state index in [-0.39, 0.29) is 18.3 Å². The topological polar surface area (TPSA) is 41.1 Å². The second-order valence-corrected chi connectivity index (χ2v) is 7.64. The van der Waals surface area contributed by atoms with Crippen LogP contribution in [0.15, 0.2) is 30.3 Å². The maximum absolute atomic E-state index is 12.4. The Balaban J connectivity index is 0.00000225. The molecule has 2 N–H and O–H groups in total. The van der Waals surface area contributed by atoms with Gasteiger partial charge in [-0.3, -0.25) is 4.79 Å². The van der Waals surface area contributed by atoms with Gasteiger partial charge in [-0.2, -0.15) is 0 Å². The highest BCUT2D eigenvalue weighted by Gasteiger charge is 2.26. The molecular formula is C21H33ClN2O. The van der Waals surface area contributed by atoms with Crippen molar-refractivity contribution in [2.75, 3.05) is 13.1 Å². The molecule has 0 aromatic heterocycles. The fourth-order valence-corrected chi connectivity index (χ4v) is 4.34. The fourth-order valence-electron chi connectivity index (χ4n) is 4.34. The first kappa shape index (κ1) is 20.3. The van der Waals surface area contributed by atoms with Crippen molar-refractivity contribution in [3.05, 3.63) is 35.9 Å². The molecular weight excluding hydrogens is 332 g/mol. The molecule has 4 heteroatoms. The van der Waals surface area contributed by atoms with Gasteiger partial charge in [0.2, 0.25) is 5.91 Å². The van der Waals surface area contributed by atoms with Crippen LogP contribution in [-0.2, 0) is 11.2 Å². The Kier molecular flexibility index (Phi) is 8.77. The number of carbonyl (C=O) groups excluding carboxylic acids is 1. The lowest BCUT2D eigenvalue weighted by Gasteiger charge is -2.32. The van der Waals surface area contributed by atoms with Gasteiger partial charge in [-0.25, -0.2) is 0 Å². The Morgan fingerprint density at radius 2 is 1.76 bits per heavy atom. The van der Waals surface area contributed by atoms with E-state index in [4.69, 9.17) is 0 Å². The molecule has 1 aliphatic carbocycles. The molecule has 1 aromatic carbocycles. The average molecular weight is 365 g/mol. The summed E-state index contributed by atoms with van der Waals surface area (Å²) in [7, 11) is 0. The van der Waals surface area contributed by atoms with Gasteiger partial charge in [0.25, 0.3) is 0 Å². The van der Waals surface area contributed by atoms with Gasteiger partial charge >= 0.3 is 0 Å². The Morgan fingerprint density at radius 3 is 2.52 bits per heavy atom. The summed E-state index contributed by atoms with van der Waals surface area (Å²) in [5.74, 6) is 1.62.